The van der Waals surface area contributed by atoms with E-state index < -0.39 is 5.97 Å². The molecule has 2 aromatic heterocycles. The maximum atomic E-state index is 11.4. The molecule has 8 heteroatoms. The highest BCUT2D eigenvalue weighted by Crippen LogP contribution is 2.16. The quantitative estimate of drug-likeness (QED) is 0.824. The number of thiazole rings is 1. The third-order valence-corrected chi connectivity index (χ3v) is 2.75. The number of aryl methyl sites for hydroxylation is 1. The first-order valence-corrected chi connectivity index (χ1v) is 6.22. The molecule has 0 aliphatic heterocycles. The van der Waals surface area contributed by atoms with Gasteiger partial charge in [0.05, 0.1) is 13.2 Å². The Balaban J connectivity index is 1.92. The van der Waals surface area contributed by atoms with Crippen LogP contribution < -0.4 is 5.32 Å². The van der Waals surface area contributed by atoms with Gasteiger partial charge in [-0.25, -0.2) is 9.78 Å². The normalized spacial score (nSPS) is 10.3. The van der Waals surface area contributed by atoms with Gasteiger partial charge in [0.2, 0.25) is 5.89 Å². The number of carbonyl (C=O) groups is 1. The Morgan fingerprint density at radius 1 is 1.56 bits per heavy atom. The average Bonchev–Trinajstić information content (AvgIpc) is 2.95. The lowest BCUT2D eigenvalue weighted by Crippen LogP contribution is -2.05. The Labute approximate surface area is 107 Å². The fourth-order valence-corrected chi connectivity index (χ4v) is 1.90. The predicted octanol–water partition coefficient (Wildman–Crippen LogP) is 1.62. The van der Waals surface area contributed by atoms with Crippen molar-refractivity contribution in [1.29, 1.82) is 0 Å². The number of nitrogens with one attached hydrogen (secondary N) is 1. The summed E-state index contributed by atoms with van der Waals surface area (Å²) in [6.07, 6.45) is 0. The zero-order chi connectivity index (χ0) is 13.0. The van der Waals surface area contributed by atoms with Gasteiger partial charge in [-0.3, -0.25) is 0 Å². The third kappa shape index (κ3) is 3.04. The van der Waals surface area contributed by atoms with Crippen molar-refractivity contribution in [2.24, 2.45) is 0 Å². The van der Waals surface area contributed by atoms with Gasteiger partial charge in [-0.05, 0) is 13.8 Å². The van der Waals surface area contributed by atoms with Crippen LogP contribution in [0.5, 0.6) is 0 Å². The summed E-state index contributed by atoms with van der Waals surface area (Å²) in [5, 5.41) is 8.91. The van der Waals surface area contributed by atoms with Crippen LogP contribution in [0.3, 0.4) is 0 Å². The van der Waals surface area contributed by atoms with E-state index in [2.05, 4.69) is 20.4 Å². The van der Waals surface area contributed by atoms with Gasteiger partial charge in [0.25, 0.3) is 0 Å². The summed E-state index contributed by atoms with van der Waals surface area (Å²) < 4.78 is 9.78. The Hall–Kier alpha value is -1.96. The van der Waals surface area contributed by atoms with Crippen molar-refractivity contribution in [3.8, 4) is 0 Å². The molecule has 7 nitrogen and oxygen atoms in total. The largest absolute Gasteiger partial charge is 0.461 e. The number of esters is 1. The highest BCUT2D eigenvalue weighted by molar-refractivity contribution is 7.13. The van der Waals surface area contributed by atoms with Crippen molar-refractivity contribution in [2.75, 3.05) is 11.9 Å². The second kappa shape index (κ2) is 5.58. The zero-order valence-corrected chi connectivity index (χ0v) is 10.8. The van der Waals surface area contributed by atoms with Crippen molar-refractivity contribution in [2.45, 2.75) is 20.4 Å². The molecule has 0 bridgehead atoms. The minimum absolute atomic E-state index is 0.297. The summed E-state index contributed by atoms with van der Waals surface area (Å²) in [4.78, 5) is 19.5. The van der Waals surface area contributed by atoms with E-state index in [1.54, 1.807) is 19.2 Å². The summed E-state index contributed by atoms with van der Waals surface area (Å²) in [5.41, 5.74) is 0.297. The van der Waals surface area contributed by atoms with Gasteiger partial charge in [0.15, 0.2) is 16.6 Å². The minimum atomic E-state index is -0.421. The number of anilines is 1. The maximum Gasteiger partial charge on any atom is 0.357 e. The summed E-state index contributed by atoms with van der Waals surface area (Å²) in [5.74, 6) is 0.633. The number of rotatable bonds is 5. The first-order chi connectivity index (χ1) is 8.69. The summed E-state index contributed by atoms with van der Waals surface area (Å²) in [7, 11) is 0. The number of hydrogen-bond acceptors (Lipinski definition) is 8. The van der Waals surface area contributed by atoms with Crippen LogP contribution in [0.1, 0.15) is 29.1 Å². The molecular formula is C10H12N4O3S. The van der Waals surface area contributed by atoms with Gasteiger partial charge in [-0.2, -0.15) is 4.98 Å². The van der Waals surface area contributed by atoms with Gasteiger partial charge < -0.3 is 14.6 Å². The molecule has 0 saturated carbocycles. The van der Waals surface area contributed by atoms with Crippen LogP contribution in [-0.4, -0.2) is 27.7 Å². The molecule has 2 aromatic rings. The second-order valence-corrected chi connectivity index (χ2v) is 4.21. The Kier molecular flexibility index (Phi) is 3.88. The molecule has 0 amide bonds. The van der Waals surface area contributed by atoms with Crippen LogP contribution in [0, 0.1) is 6.92 Å². The zero-order valence-electron chi connectivity index (χ0n) is 9.97. The van der Waals surface area contributed by atoms with E-state index in [0.717, 1.165) is 0 Å². The maximum absolute atomic E-state index is 11.4. The molecule has 0 unspecified atom stereocenters. The van der Waals surface area contributed by atoms with Gasteiger partial charge in [-0.1, -0.05) is 5.16 Å². The van der Waals surface area contributed by atoms with Crippen LogP contribution in [-0.2, 0) is 11.3 Å². The smallest absolute Gasteiger partial charge is 0.357 e. The molecule has 0 fully saturated rings. The molecule has 0 spiro atoms. The van der Waals surface area contributed by atoms with Crippen LogP contribution >= 0.6 is 11.3 Å². The van der Waals surface area contributed by atoms with Gasteiger partial charge in [0, 0.05) is 5.38 Å². The fourth-order valence-electron chi connectivity index (χ4n) is 1.22. The van der Waals surface area contributed by atoms with Crippen molar-refractivity contribution < 1.29 is 14.1 Å². The molecule has 96 valence electrons. The Morgan fingerprint density at radius 3 is 3.06 bits per heavy atom. The van der Waals surface area contributed by atoms with Crippen LogP contribution in [0.15, 0.2) is 9.90 Å². The topological polar surface area (TPSA) is 90.1 Å². The molecule has 1 N–H and O–H groups in total. The predicted molar refractivity (Wildman–Crippen MR) is 64.4 cm³/mol. The number of hydrogen-bond donors (Lipinski definition) is 1. The van der Waals surface area contributed by atoms with E-state index in [0.29, 0.717) is 35.7 Å². The summed E-state index contributed by atoms with van der Waals surface area (Å²) >= 11 is 1.32. The van der Waals surface area contributed by atoms with E-state index >= 15 is 0 Å². The first kappa shape index (κ1) is 12.5. The van der Waals surface area contributed by atoms with E-state index in [4.69, 9.17) is 9.26 Å². The SMILES string of the molecule is CCOC(=O)c1csc(NCc2nc(C)no2)n1. The molecule has 2 heterocycles. The highest BCUT2D eigenvalue weighted by atomic mass is 32.1. The lowest BCUT2D eigenvalue weighted by atomic mass is 10.5. The Bertz CT molecular complexity index is 537. The molecule has 0 radical (unpaired) electrons. The lowest BCUT2D eigenvalue weighted by molar-refractivity contribution is 0.0520. The standard InChI is InChI=1S/C10H12N4O3S/c1-3-16-9(15)7-5-18-10(13-7)11-4-8-12-6(2)14-17-8/h5H,3-4H2,1-2H3,(H,11,13). The number of aromatic nitrogens is 3. The number of nitrogens with zero attached hydrogens (tertiary/aromatic N) is 3. The molecule has 18 heavy (non-hydrogen) atoms. The summed E-state index contributed by atoms with van der Waals surface area (Å²) in [6, 6.07) is 0. The highest BCUT2D eigenvalue weighted by Gasteiger charge is 2.11. The molecule has 0 aliphatic rings. The van der Waals surface area contributed by atoms with E-state index in [1.807, 2.05) is 0 Å². The minimum Gasteiger partial charge on any atom is -0.461 e. The second-order valence-electron chi connectivity index (χ2n) is 3.35. The van der Waals surface area contributed by atoms with E-state index in [-0.39, 0.29) is 0 Å². The van der Waals surface area contributed by atoms with Gasteiger partial charge in [-0.15, -0.1) is 11.3 Å². The summed E-state index contributed by atoms with van der Waals surface area (Å²) in [6.45, 7) is 4.20. The monoisotopic (exact) mass is 268 g/mol. The lowest BCUT2D eigenvalue weighted by Gasteiger charge is -1.97. The fraction of sp³-hybridized carbons (Fsp3) is 0.400. The van der Waals surface area contributed by atoms with Crippen molar-refractivity contribution in [1.82, 2.24) is 15.1 Å². The third-order valence-electron chi connectivity index (χ3n) is 1.95. The van der Waals surface area contributed by atoms with Gasteiger partial charge >= 0.3 is 5.97 Å². The number of carbonyl (C=O) groups excluding carboxylic acids is 1. The van der Waals surface area contributed by atoms with Crippen molar-refractivity contribution in [3.05, 3.63) is 22.8 Å². The number of ether oxygens (including phenoxy) is 1. The van der Waals surface area contributed by atoms with Crippen molar-refractivity contribution in [3.63, 3.8) is 0 Å². The Morgan fingerprint density at radius 2 is 2.39 bits per heavy atom. The molecule has 0 aliphatic carbocycles. The molecular weight excluding hydrogens is 256 g/mol. The molecule has 0 atom stereocenters. The molecule has 0 aromatic carbocycles. The van der Waals surface area contributed by atoms with Crippen molar-refractivity contribution >= 4 is 22.4 Å². The van der Waals surface area contributed by atoms with Gasteiger partial charge in [0.1, 0.15) is 0 Å². The average molecular weight is 268 g/mol. The van der Waals surface area contributed by atoms with E-state index in [1.165, 1.54) is 11.3 Å². The molecule has 0 saturated heterocycles. The van der Waals surface area contributed by atoms with Crippen LogP contribution in [0.25, 0.3) is 0 Å². The van der Waals surface area contributed by atoms with Crippen LogP contribution in [0.2, 0.25) is 0 Å². The van der Waals surface area contributed by atoms with E-state index in [9.17, 15) is 4.79 Å². The van der Waals surface area contributed by atoms with Crippen LogP contribution in [0.4, 0.5) is 5.13 Å². The molecule has 2 rings (SSSR count). The first-order valence-electron chi connectivity index (χ1n) is 5.34.